The van der Waals surface area contributed by atoms with Crippen LogP contribution in [0, 0.1) is 0 Å². The summed E-state index contributed by atoms with van der Waals surface area (Å²) in [5.74, 6) is 1.02. The summed E-state index contributed by atoms with van der Waals surface area (Å²) in [7, 11) is 3.83. The first-order valence-corrected chi connectivity index (χ1v) is 5.73. The summed E-state index contributed by atoms with van der Waals surface area (Å²) < 4.78 is 10.3. The van der Waals surface area contributed by atoms with E-state index in [9.17, 15) is 0 Å². The minimum absolute atomic E-state index is 0.829. The highest BCUT2D eigenvalue weighted by molar-refractivity contribution is 4.97. The highest BCUT2D eigenvalue weighted by atomic mass is 16.5. The highest BCUT2D eigenvalue weighted by Crippen LogP contribution is 2.02. The van der Waals surface area contributed by atoms with Crippen molar-refractivity contribution in [2.45, 2.75) is 13.0 Å². The molecule has 1 rings (SSSR count). The van der Waals surface area contributed by atoms with Crippen molar-refractivity contribution in [1.82, 2.24) is 10.2 Å². The first kappa shape index (κ1) is 13.2. The number of methoxy groups -OCH3 is 1. The van der Waals surface area contributed by atoms with E-state index in [1.54, 1.807) is 13.4 Å². The van der Waals surface area contributed by atoms with Gasteiger partial charge in [-0.3, -0.25) is 4.90 Å². The number of ether oxygens (including phenoxy) is 1. The van der Waals surface area contributed by atoms with Crippen molar-refractivity contribution in [3.05, 3.63) is 24.2 Å². The molecule has 0 aromatic carbocycles. The SMILES string of the molecule is COCCCNCCN(C)Cc1ccco1. The maximum atomic E-state index is 5.28. The summed E-state index contributed by atoms with van der Waals surface area (Å²) in [6, 6.07) is 3.93. The molecule has 0 fully saturated rings. The van der Waals surface area contributed by atoms with Gasteiger partial charge in [-0.1, -0.05) is 0 Å². The summed E-state index contributed by atoms with van der Waals surface area (Å²) in [4.78, 5) is 2.24. The molecule has 92 valence electrons. The van der Waals surface area contributed by atoms with Crippen LogP contribution in [0.4, 0.5) is 0 Å². The van der Waals surface area contributed by atoms with E-state index in [-0.39, 0.29) is 0 Å². The van der Waals surface area contributed by atoms with Crippen LogP contribution in [0.2, 0.25) is 0 Å². The van der Waals surface area contributed by atoms with Crippen LogP contribution in [0.5, 0.6) is 0 Å². The van der Waals surface area contributed by atoms with E-state index in [1.165, 1.54) is 0 Å². The van der Waals surface area contributed by atoms with Gasteiger partial charge in [0.2, 0.25) is 0 Å². The van der Waals surface area contributed by atoms with Gasteiger partial charge in [0.25, 0.3) is 0 Å². The van der Waals surface area contributed by atoms with Crippen molar-refractivity contribution >= 4 is 0 Å². The predicted molar refractivity (Wildman–Crippen MR) is 64.4 cm³/mol. The second-order valence-electron chi connectivity index (χ2n) is 3.91. The number of hydrogen-bond donors (Lipinski definition) is 1. The van der Waals surface area contributed by atoms with Crippen LogP contribution in [-0.4, -0.2) is 45.3 Å². The lowest BCUT2D eigenvalue weighted by molar-refractivity contribution is 0.193. The predicted octanol–water partition coefficient (Wildman–Crippen LogP) is 1.34. The molecule has 4 nitrogen and oxygen atoms in total. The zero-order chi connectivity index (χ0) is 11.6. The average molecular weight is 226 g/mol. The van der Waals surface area contributed by atoms with Crippen molar-refractivity contribution in [1.29, 1.82) is 0 Å². The fourth-order valence-electron chi connectivity index (χ4n) is 1.48. The Morgan fingerprint density at radius 1 is 1.44 bits per heavy atom. The van der Waals surface area contributed by atoms with Gasteiger partial charge >= 0.3 is 0 Å². The Kier molecular flexibility index (Phi) is 6.88. The van der Waals surface area contributed by atoms with E-state index >= 15 is 0 Å². The molecule has 0 amide bonds. The average Bonchev–Trinajstić information content (AvgIpc) is 2.76. The fraction of sp³-hybridized carbons (Fsp3) is 0.667. The van der Waals surface area contributed by atoms with Gasteiger partial charge in [-0.25, -0.2) is 0 Å². The van der Waals surface area contributed by atoms with E-state index in [1.807, 2.05) is 12.1 Å². The molecule has 0 aliphatic rings. The smallest absolute Gasteiger partial charge is 0.117 e. The second kappa shape index (κ2) is 8.33. The molecule has 0 radical (unpaired) electrons. The molecule has 0 saturated carbocycles. The van der Waals surface area contributed by atoms with Crippen LogP contribution in [0.15, 0.2) is 22.8 Å². The van der Waals surface area contributed by atoms with Gasteiger partial charge in [0.1, 0.15) is 5.76 Å². The molecule has 0 saturated heterocycles. The van der Waals surface area contributed by atoms with Crippen molar-refractivity contribution in [2.75, 3.05) is 40.4 Å². The van der Waals surface area contributed by atoms with Crippen LogP contribution in [-0.2, 0) is 11.3 Å². The number of nitrogens with one attached hydrogen (secondary N) is 1. The summed E-state index contributed by atoms with van der Waals surface area (Å²) in [6.07, 6.45) is 2.78. The van der Waals surface area contributed by atoms with Crippen molar-refractivity contribution in [3.63, 3.8) is 0 Å². The molecule has 4 heteroatoms. The molecular formula is C12H22N2O2. The van der Waals surface area contributed by atoms with E-state index in [0.29, 0.717) is 0 Å². The third kappa shape index (κ3) is 5.90. The van der Waals surface area contributed by atoms with Gasteiger partial charge in [0.05, 0.1) is 12.8 Å². The van der Waals surface area contributed by atoms with Gasteiger partial charge in [0, 0.05) is 26.8 Å². The minimum atomic E-state index is 0.829. The van der Waals surface area contributed by atoms with Crippen LogP contribution in [0.3, 0.4) is 0 Å². The summed E-state index contributed by atoms with van der Waals surface area (Å²) in [5.41, 5.74) is 0. The third-order valence-electron chi connectivity index (χ3n) is 2.38. The monoisotopic (exact) mass is 226 g/mol. The molecule has 0 unspecified atom stereocenters. The van der Waals surface area contributed by atoms with Gasteiger partial charge in [-0.05, 0) is 32.1 Å². The third-order valence-corrected chi connectivity index (χ3v) is 2.38. The molecule has 1 heterocycles. The van der Waals surface area contributed by atoms with E-state index in [4.69, 9.17) is 9.15 Å². The first-order chi connectivity index (χ1) is 7.83. The van der Waals surface area contributed by atoms with Gasteiger partial charge in [-0.15, -0.1) is 0 Å². The second-order valence-corrected chi connectivity index (χ2v) is 3.91. The number of furan rings is 1. The molecular weight excluding hydrogens is 204 g/mol. The maximum Gasteiger partial charge on any atom is 0.117 e. The molecule has 1 N–H and O–H groups in total. The van der Waals surface area contributed by atoms with Crippen molar-refractivity contribution < 1.29 is 9.15 Å². The molecule has 0 atom stereocenters. The Labute approximate surface area is 97.6 Å². The number of hydrogen-bond acceptors (Lipinski definition) is 4. The molecule has 0 spiro atoms. The first-order valence-electron chi connectivity index (χ1n) is 5.73. The standard InChI is InChI=1S/C12H22N2O2/c1-14(11-12-5-3-10-16-12)8-7-13-6-4-9-15-2/h3,5,10,13H,4,6-9,11H2,1-2H3. The summed E-state index contributed by atoms with van der Waals surface area (Å²) in [6.45, 7) is 4.74. The summed E-state index contributed by atoms with van der Waals surface area (Å²) >= 11 is 0. The van der Waals surface area contributed by atoms with E-state index < -0.39 is 0 Å². The Morgan fingerprint density at radius 3 is 3.00 bits per heavy atom. The fourth-order valence-corrected chi connectivity index (χ4v) is 1.48. The van der Waals surface area contributed by atoms with Gasteiger partial charge in [-0.2, -0.15) is 0 Å². The molecule has 0 aliphatic heterocycles. The Hall–Kier alpha value is -0.840. The zero-order valence-electron chi connectivity index (χ0n) is 10.2. The lowest BCUT2D eigenvalue weighted by Gasteiger charge is -2.15. The molecule has 0 aliphatic carbocycles. The van der Waals surface area contributed by atoms with Crippen LogP contribution >= 0.6 is 0 Å². The number of rotatable bonds is 9. The molecule has 1 aromatic rings. The number of likely N-dealkylation sites (N-methyl/N-ethyl adjacent to an activating group) is 1. The molecule has 1 aromatic heterocycles. The Morgan fingerprint density at radius 2 is 2.31 bits per heavy atom. The quantitative estimate of drug-likeness (QED) is 0.645. The van der Waals surface area contributed by atoms with E-state index in [0.717, 1.165) is 45.0 Å². The Balaban J connectivity index is 1.96. The van der Waals surface area contributed by atoms with Crippen LogP contribution < -0.4 is 5.32 Å². The molecule has 0 bridgehead atoms. The largest absolute Gasteiger partial charge is 0.468 e. The van der Waals surface area contributed by atoms with Crippen molar-refractivity contribution in [2.24, 2.45) is 0 Å². The molecule has 16 heavy (non-hydrogen) atoms. The highest BCUT2D eigenvalue weighted by Gasteiger charge is 2.01. The number of nitrogens with zero attached hydrogens (tertiary/aromatic N) is 1. The minimum Gasteiger partial charge on any atom is -0.468 e. The van der Waals surface area contributed by atoms with Crippen molar-refractivity contribution in [3.8, 4) is 0 Å². The normalized spacial score (nSPS) is 11.2. The zero-order valence-corrected chi connectivity index (χ0v) is 10.2. The maximum absolute atomic E-state index is 5.28. The van der Waals surface area contributed by atoms with Gasteiger partial charge in [0.15, 0.2) is 0 Å². The lowest BCUT2D eigenvalue weighted by atomic mass is 10.4. The van der Waals surface area contributed by atoms with Crippen LogP contribution in [0.25, 0.3) is 0 Å². The Bertz CT molecular complexity index is 250. The van der Waals surface area contributed by atoms with E-state index in [2.05, 4.69) is 17.3 Å². The topological polar surface area (TPSA) is 37.6 Å². The van der Waals surface area contributed by atoms with Crippen LogP contribution in [0.1, 0.15) is 12.2 Å². The lowest BCUT2D eigenvalue weighted by Crippen LogP contribution is -2.29. The summed E-state index contributed by atoms with van der Waals surface area (Å²) in [5, 5.41) is 3.38. The van der Waals surface area contributed by atoms with Gasteiger partial charge < -0.3 is 14.5 Å².